The Morgan fingerprint density at radius 1 is 0.964 bits per heavy atom. The first-order valence-electron chi connectivity index (χ1n) is 8.72. The van der Waals surface area contributed by atoms with Crippen LogP contribution in [0.25, 0.3) is 26.9 Å². The fraction of sp³-hybridized carbons (Fsp3) is 0.0435. The molecule has 0 bridgehead atoms. The lowest BCUT2D eigenvalue weighted by Crippen LogP contribution is -2.06. The molecule has 1 aromatic heterocycles. The summed E-state index contributed by atoms with van der Waals surface area (Å²) in [6, 6.07) is 23.0. The molecular weight excluding hydrogens is 370 g/mol. The minimum atomic E-state index is -0.476. The van der Waals surface area contributed by atoms with Gasteiger partial charge in [-0.15, -0.1) is 11.3 Å². The summed E-state index contributed by atoms with van der Waals surface area (Å²) in [5.41, 5.74) is 2.56. The van der Waals surface area contributed by atoms with Crippen LogP contribution in [0, 0.1) is 0 Å². The number of carbonyl (C=O) groups excluding carboxylic acids is 1. The monoisotopic (exact) mass is 387 g/mol. The van der Waals surface area contributed by atoms with E-state index in [0.717, 1.165) is 26.4 Å². The summed E-state index contributed by atoms with van der Waals surface area (Å²) in [7, 11) is 1.55. The van der Waals surface area contributed by atoms with Crippen LogP contribution in [0.2, 0.25) is 0 Å². The van der Waals surface area contributed by atoms with Crippen LogP contribution in [-0.2, 0) is 4.79 Å². The van der Waals surface area contributed by atoms with Crippen LogP contribution in [0.1, 0.15) is 5.56 Å². The van der Waals surface area contributed by atoms with E-state index >= 15 is 0 Å². The predicted octanol–water partition coefficient (Wildman–Crippen LogP) is 5.59. The highest BCUT2D eigenvalue weighted by Crippen LogP contribution is 2.41. The zero-order valence-electron chi connectivity index (χ0n) is 15.2. The van der Waals surface area contributed by atoms with Gasteiger partial charge in [0.1, 0.15) is 5.01 Å². The highest BCUT2D eigenvalue weighted by Gasteiger charge is 2.18. The Morgan fingerprint density at radius 2 is 1.75 bits per heavy atom. The molecule has 0 aliphatic carbocycles. The summed E-state index contributed by atoms with van der Waals surface area (Å²) < 4.78 is 12.1. The molecule has 3 aromatic carbocycles. The summed E-state index contributed by atoms with van der Waals surface area (Å²) in [6.45, 7) is 0. The average molecular weight is 387 g/mol. The smallest absolute Gasteiger partial charge is 0.336 e. The molecule has 4 aromatic rings. The van der Waals surface area contributed by atoms with Crippen molar-refractivity contribution in [2.45, 2.75) is 0 Å². The molecule has 0 aliphatic rings. The van der Waals surface area contributed by atoms with Gasteiger partial charge >= 0.3 is 5.97 Å². The van der Waals surface area contributed by atoms with E-state index in [1.807, 2.05) is 66.7 Å². The number of para-hydroxylation sites is 2. The predicted molar refractivity (Wildman–Crippen MR) is 113 cm³/mol. The van der Waals surface area contributed by atoms with Crippen molar-refractivity contribution >= 4 is 33.6 Å². The molecule has 1 heterocycles. The van der Waals surface area contributed by atoms with Crippen molar-refractivity contribution in [2.24, 2.45) is 0 Å². The van der Waals surface area contributed by atoms with Gasteiger partial charge in [0.2, 0.25) is 0 Å². The molecule has 4 rings (SSSR count). The molecule has 0 atom stereocenters. The Kier molecular flexibility index (Phi) is 5.17. The lowest BCUT2D eigenvalue weighted by atomic mass is 10.2. The van der Waals surface area contributed by atoms with Gasteiger partial charge in [0.25, 0.3) is 0 Å². The standard InChI is InChI=1S/C23H17NO3S/c1-26-19-12-7-10-17(23-24-18-11-5-6-13-20(18)28-23)22(19)27-21(25)15-14-16-8-3-2-4-9-16/h2-15H,1H3/b15-14-. The molecule has 0 spiro atoms. The van der Waals surface area contributed by atoms with E-state index in [1.165, 1.54) is 6.08 Å². The first-order chi connectivity index (χ1) is 13.7. The Balaban J connectivity index is 1.67. The largest absolute Gasteiger partial charge is 0.493 e. The molecule has 4 nitrogen and oxygen atoms in total. The topological polar surface area (TPSA) is 48.4 Å². The Morgan fingerprint density at radius 3 is 2.54 bits per heavy atom. The summed E-state index contributed by atoms with van der Waals surface area (Å²) in [4.78, 5) is 17.1. The first kappa shape index (κ1) is 17.9. The maximum absolute atomic E-state index is 12.4. The quantitative estimate of drug-likeness (QED) is 0.254. The van der Waals surface area contributed by atoms with Crippen molar-refractivity contribution in [1.82, 2.24) is 4.98 Å². The number of hydrogen-bond donors (Lipinski definition) is 0. The molecule has 0 N–H and O–H groups in total. The van der Waals surface area contributed by atoms with Crippen molar-refractivity contribution in [3.63, 3.8) is 0 Å². The maximum Gasteiger partial charge on any atom is 0.336 e. The third kappa shape index (κ3) is 3.80. The number of thiazole rings is 1. The van der Waals surface area contributed by atoms with Gasteiger partial charge in [-0.3, -0.25) is 0 Å². The van der Waals surface area contributed by atoms with Crippen LogP contribution in [0.3, 0.4) is 0 Å². The lowest BCUT2D eigenvalue weighted by Gasteiger charge is -2.11. The molecule has 0 saturated heterocycles. The van der Waals surface area contributed by atoms with Crippen LogP contribution in [0.5, 0.6) is 11.5 Å². The Labute approximate surface area is 166 Å². The van der Waals surface area contributed by atoms with Crippen molar-refractivity contribution in [3.8, 4) is 22.1 Å². The number of benzene rings is 3. The Hall–Kier alpha value is -3.44. The number of esters is 1. The number of carbonyl (C=O) groups is 1. The minimum Gasteiger partial charge on any atom is -0.493 e. The minimum absolute atomic E-state index is 0.367. The van der Waals surface area contributed by atoms with Crippen LogP contribution in [0.4, 0.5) is 0 Å². The number of rotatable bonds is 5. The van der Waals surface area contributed by atoms with E-state index in [1.54, 1.807) is 30.6 Å². The molecule has 138 valence electrons. The summed E-state index contributed by atoms with van der Waals surface area (Å²) in [5, 5.41) is 0.773. The fourth-order valence-electron chi connectivity index (χ4n) is 2.80. The van der Waals surface area contributed by atoms with Gasteiger partial charge in [0.05, 0.1) is 22.9 Å². The first-order valence-corrected chi connectivity index (χ1v) is 9.54. The number of fused-ring (bicyclic) bond motifs is 1. The van der Waals surface area contributed by atoms with Gasteiger partial charge < -0.3 is 9.47 Å². The number of nitrogens with zero attached hydrogens (tertiary/aromatic N) is 1. The van der Waals surface area contributed by atoms with Gasteiger partial charge in [0, 0.05) is 6.08 Å². The van der Waals surface area contributed by atoms with E-state index in [4.69, 9.17) is 9.47 Å². The SMILES string of the molecule is COc1cccc(-c2nc3ccccc3s2)c1OC(=O)/C=C\c1ccccc1. The second-order valence-corrected chi connectivity index (χ2v) is 7.02. The van der Waals surface area contributed by atoms with Gasteiger partial charge in [-0.05, 0) is 35.9 Å². The van der Waals surface area contributed by atoms with Crippen LogP contribution in [0.15, 0.2) is 78.9 Å². The lowest BCUT2D eigenvalue weighted by molar-refractivity contribution is -0.128. The third-order valence-corrected chi connectivity index (χ3v) is 5.21. The van der Waals surface area contributed by atoms with Crippen molar-refractivity contribution in [1.29, 1.82) is 0 Å². The molecule has 0 saturated carbocycles. The normalized spacial score (nSPS) is 11.0. The van der Waals surface area contributed by atoms with E-state index in [9.17, 15) is 4.79 Å². The number of aromatic nitrogens is 1. The molecule has 0 fully saturated rings. The summed E-state index contributed by atoms with van der Waals surface area (Å²) >= 11 is 1.55. The Bertz CT molecular complexity index is 1120. The van der Waals surface area contributed by atoms with Crippen LogP contribution < -0.4 is 9.47 Å². The summed E-state index contributed by atoms with van der Waals surface area (Å²) in [5.74, 6) is 0.376. The van der Waals surface area contributed by atoms with E-state index in [2.05, 4.69) is 4.98 Å². The zero-order valence-corrected chi connectivity index (χ0v) is 16.0. The van der Waals surface area contributed by atoms with Gasteiger partial charge in [-0.2, -0.15) is 0 Å². The van der Waals surface area contributed by atoms with Gasteiger partial charge in [-0.25, -0.2) is 9.78 Å². The molecule has 0 radical (unpaired) electrons. The number of methoxy groups -OCH3 is 1. The average Bonchev–Trinajstić information content (AvgIpc) is 3.17. The fourth-order valence-corrected chi connectivity index (χ4v) is 3.79. The van der Waals surface area contributed by atoms with E-state index in [0.29, 0.717) is 11.5 Å². The van der Waals surface area contributed by atoms with Gasteiger partial charge in [-0.1, -0.05) is 48.5 Å². The highest BCUT2D eigenvalue weighted by molar-refractivity contribution is 7.21. The molecule has 28 heavy (non-hydrogen) atoms. The highest BCUT2D eigenvalue weighted by atomic mass is 32.1. The van der Waals surface area contributed by atoms with Crippen molar-refractivity contribution in [2.75, 3.05) is 7.11 Å². The zero-order chi connectivity index (χ0) is 19.3. The van der Waals surface area contributed by atoms with E-state index < -0.39 is 5.97 Å². The molecule has 0 aliphatic heterocycles. The van der Waals surface area contributed by atoms with Crippen molar-refractivity contribution in [3.05, 3.63) is 84.4 Å². The second kappa shape index (κ2) is 8.06. The second-order valence-electron chi connectivity index (χ2n) is 5.99. The van der Waals surface area contributed by atoms with Crippen LogP contribution >= 0.6 is 11.3 Å². The molecule has 0 unspecified atom stereocenters. The van der Waals surface area contributed by atoms with Gasteiger partial charge in [0.15, 0.2) is 11.5 Å². The van der Waals surface area contributed by atoms with Crippen molar-refractivity contribution < 1.29 is 14.3 Å². The number of hydrogen-bond acceptors (Lipinski definition) is 5. The number of ether oxygens (including phenoxy) is 2. The molecular formula is C23H17NO3S. The maximum atomic E-state index is 12.4. The third-order valence-electron chi connectivity index (χ3n) is 4.14. The molecule has 0 amide bonds. The summed E-state index contributed by atoms with van der Waals surface area (Å²) in [6.07, 6.45) is 3.12. The van der Waals surface area contributed by atoms with Crippen LogP contribution in [-0.4, -0.2) is 18.1 Å². The van der Waals surface area contributed by atoms with E-state index in [-0.39, 0.29) is 0 Å². The molecule has 5 heteroatoms.